The molecule has 0 aliphatic heterocycles. The zero-order valence-electron chi connectivity index (χ0n) is 14.6. The van der Waals surface area contributed by atoms with Gasteiger partial charge in [0, 0.05) is 24.7 Å². The van der Waals surface area contributed by atoms with Gasteiger partial charge >= 0.3 is 0 Å². The number of halogens is 2. The summed E-state index contributed by atoms with van der Waals surface area (Å²) in [4.78, 5) is 17.9. The average Bonchev–Trinajstić information content (AvgIpc) is 3.03. The zero-order chi connectivity index (χ0) is 18.3. The molecule has 1 heterocycles. The predicted octanol–water partition coefficient (Wildman–Crippen LogP) is 4.60. The molecule has 0 spiro atoms. The van der Waals surface area contributed by atoms with Crippen LogP contribution < -0.4 is 0 Å². The summed E-state index contributed by atoms with van der Waals surface area (Å²) < 4.78 is 26.5. The predicted molar refractivity (Wildman–Crippen MR) is 97.1 cm³/mol. The molecule has 1 aliphatic rings. The molecule has 0 radical (unpaired) electrons. The Morgan fingerprint density at radius 3 is 2.73 bits per heavy atom. The number of fused-ring (bicyclic) bond motifs is 3. The van der Waals surface area contributed by atoms with Crippen molar-refractivity contribution >= 4 is 16.8 Å². The number of aryl methyl sites for hydroxylation is 2. The molecule has 4 rings (SSSR count). The Hall–Kier alpha value is -2.69. The van der Waals surface area contributed by atoms with Crippen LogP contribution in [0.15, 0.2) is 36.4 Å². The quantitative estimate of drug-likeness (QED) is 0.733. The van der Waals surface area contributed by atoms with Gasteiger partial charge in [-0.05, 0) is 55.0 Å². The number of para-hydroxylation sites is 1. The van der Waals surface area contributed by atoms with Crippen molar-refractivity contribution in [3.63, 3.8) is 0 Å². The standard InChI is InChI=1S/C21H20F2N2O/c1-25(12-13-9-10-17(22)18(23)11-13)21(26)16-7-4-6-15-14-5-2-3-8-19(14)24-20(15)16/h4,6-7,9-11,24H,2-3,5,8,12H2,1H3. The molecule has 2 aromatic carbocycles. The lowest BCUT2D eigenvalue weighted by Gasteiger charge is -2.18. The number of rotatable bonds is 3. The lowest BCUT2D eigenvalue weighted by molar-refractivity contribution is 0.0786. The van der Waals surface area contributed by atoms with E-state index in [1.807, 2.05) is 12.1 Å². The van der Waals surface area contributed by atoms with Crippen LogP contribution >= 0.6 is 0 Å². The van der Waals surface area contributed by atoms with Crippen molar-refractivity contribution in [2.75, 3.05) is 7.05 Å². The molecule has 26 heavy (non-hydrogen) atoms. The van der Waals surface area contributed by atoms with E-state index in [2.05, 4.69) is 11.1 Å². The molecule has 0 bridgehead atoms. The van der Waals surface area contributed by atoms with Crippen molar-refractivity contribution in [1.82, 2.24) is 9.88 Å². The second kappa shape index (κ2) is 6.56. The Morgan fingerprint density at radius 1 is 1.12 bits per heavy atom. The molecule has 3 aromatic rings. The molecule has 134 valence electrons. The minimum absolute atomic E-state index is 0.140. The molecule has 0 fully saturated rings. The van der Waals surface area contributed by atoms with Crippen molar-refractivity contribution in [1.29, 1.82) is 0 Å². The highest BCUT2D eigenvalue weighted by molar-refractivity contribution is 6.06. The second-order valence-electron chi connectivity index (χ2n) is 6.93. The monoisotopic (exact) mass is 354 g/mol. The van der Waals surface area contributed by atoms with E-state index in [0.29, 0.717) is 11.1 Å². The van der Waals surface area contributed by atoms with E-state index in [-0.39, 0.29) is 12.5 Å². The molecule has 0 saturated carbocycles. The Balaban J connectivity index is 1.65. The van der Waals surface area contributed by atoms with Crippen LogP contribution in [0.25, 0.3) is 10.9 Å². The number of carbonyl (C=O) groups excluding carboxylic acids is 1. The van der Waals surface area contributed by atoms with Crippen LogP contribution in [0.5, 0.6) is 0 Å². The number of aromatic nitrogens is 1. The number of benzene rings is 2. The minimum atomic E-state index is -0.900. The molecule has 0 saturated heterocycles. The van der Waals surface area contributed by atoms with Crippen LogP contribution in [0.4, 0.5) is 8.78 Å². The highest BCUT2D eigenvalue weighted by Crippen LogP contribution is 2.31. The zero-order valence-corrected chi connectivity index (χ0v) is 14.6. The van der Waals surface area contributed by atoms with Crippen molar-refractivity contribution in [3.8, 4) is 0 Å². The Morgan fingerprint density at radius 2 is 1.92 bits per heavy atom. The third-order valence-corrected chi connectivity index (χ3v) is 5.11. The summed E-state index contributed by atoms with van der Waals surface area (Å²) in [6.07, 6.45) is 4.40. The van der Waals surface area contributed by atoms with Crippen LogP contribution in [-0.4, -0.2) is 22.8 Å². The SMILES string of the molecule is CN(Cc1ccc(F)c(F)c1)C(=O)c1cccc2c3c([nH]c12)CCCC3. The molecular formula is C21H20F2N2O. The van der Waals surface area contributed by atoms with Gasteiger partial charge in [-0.1, -0.05) is 18.2 Å². The molecule has 0 unspecified atom stereocenters. The van der Waals surface area contributed by atoms with Gasteiger partial charge in [-0.3, -0.25) is 4.79 Å². The number of carbonyl (C=O) groups is 1. The van der Waals surface area contributed by atoms with Gasteiger partial charge in [0.1, 0.15) is 0 Å². The first kappa shape index (κ1) is 16.8. The summed E-state index contributed by atoms with van der Waals surface area (Å²) in [5, 5.41) is 1.12. The summed E-state index contributed by atoms with van der Waals surface area (Å²) in [6, 6.07) is 9.49. The van der Waals surface area contributed by atoms with Crippen LogP contribution in [0, 0.1) is 11.6 Å². The van der Waals surface area contributed by atoms with E-state index in [9.17, 15) is 13.6 Å². The van der Waals surface area contributed by atoms with Crippen molar-refractivity contribution in [2.45, 2.75) is 32.2 Å². The van der Waals surface area contributed by atoms with E-state index in [1.165, 1.54) is 35.1 Å². The number of amides is 1. The Bertz CT molecular complexity index is 993. The maximum absolute atomic E-state index is 13.4. The number of nitrogens with zero attached hydrogens (tertiary/aromatic N) is 1. The van der Waals surface area contributed by atoms with E-state index >= 15 is 0 Å². The van der Waals surface area contributed by atoms with Crippen molar-refractivity contribution < 1.29 is 13.6 Å². The van der Waals surface area contributed by atoms with E-state index in [4.69, 9.17) is 0 Å². The average molecular weight is 354 g/mol. The Kier molecular flexibility index (Phi) is 4.23. The van der Waals surface area contributed by atoms with Gasteiger partial charge < -0.3 is 9.88 Å². The van der Waals surface area contributed by atoms with Gasteiger partial charge in [0.15, 0.2) is 11.6 Å². The molecule has 3 nitrogen and oxygen atoms in total. The summed E-state index contributed by atoms with van der Waals surface area (Å²) in [6.45, 7) is 0.215. The van der Waals surface area contributed by atoms with Crippen LogP contribution in [0.1, 0.15) is 40.0 Å². The summed E-state index contributed by atoms with van der Waals surface area (Å²) in [5.74, 6) is -1.93. The normalized spacial score (nSPS) is 13.7. The molecule has 5 heteroatoms. The summed E-state index contributed by atoms with van der Waals surface area (Å²) >= 11 is 0. The van der Waals surface area contributed by atoms with E-state index in [0.717, 1.165) is 35.9 Å². The maximum Gasteiger partial charge on any atom is 0.256 e. The smallest absolute Gasteiger partial charge is 0.256 e. The van der Waals surface area contributed by atoms with Gasteiger partial charge in [-0.15, -0.1) is 0 Å². The molecule has 0 atom stereocenters. The number of hydrogen-bond donors (Lipinski definition) is 1. The van der Waals surface area contributed by atoms with Crippen molar-refractivity contribution in [2.24, 2.45) is 0 Å². The molecular weight excluding hydrogens is 334 g/mol. The van der Waals surface area contributed by atoms with Crippen molar-refractivity contribution in [3.05, 3.63) is 70.4 Å². The second-order valence-corrected chi connectivity index (χ2v) is 6.93. The highest BCUT2D eigenvalue weighted by atomic mass is 19.2. The molecule has 1 aliphatic carbocycles. The Labute approximate surface area is 150 Å². The molecule has 1 amide bonds. The summed E-state index contributed by atoms with van der Waals surface area (Å²) in [7, 11) is 1.67. The maximum atomic E-state index is 13.4. The number of H-pyrrole nitrogens is 1. The van der Waals surface area contributed by atoms with Gasteiger partial charge in [0.2, 0.25) is 0 Å². The topological polar surface area (TPSA) is 36.1 Å². The molecule has 1 aromatic heterocycles. The first-order valence-corrected chi connectivity index (χ1v) is 8.86. The van der Waals surface area contributed by atoms with Gasteiger partial charge in [-0.2, -0.15) is 0 Å². The molecule has 1 N–H and O–H groups in total. The summed E-state index contributed by atoms with van der Waals surface area (Å²) in [5.41, 5.74) is 4.60. The fourth-order valence-corrected chi connectivity index (χ4v) is 3.80. The van der Waals surface area contributed by atoms with Crippen LogP contribution in [0.2, 0.25) is 0 Å². The van der Waals surface area contributed by atoms with Gasteiger partial charge in [0.05, 0.1) is 11.1 Å². The lowest BCUT2D eigenvalue weighted by atomic mass is 9.95. The fraction of sp³-hybridized carbons (Fsp3) is 0.286. The van der Waals surface area contributed by atoms with Crippen LogP contribution in [0.3, 0.4) is 0 Å². The fourth-order valence-electron chi connectivity index (χ4n) is 3.80. The first-order chi connectivity index (χ1) is 12.5. The number of aromatic amines is 1. The number of hydrogen-bond acceptors (Lipinski definition) is 1. The number of nitrogens with one attached hydrogen (secondary N) is 1. The van der Waals surface area contributed by atoms with Crippen LogP contribution in [-0.2, 0) is 19.4 Å². The van der Waals surface area contributed by atoms with E-state index in [1.54, 1.807) is 7.05 Å². The van der Waals surface area contributed by atoms with Gasteiger partial charge in [-0.25, -0.2) is 8.78 Å². The largest absolute Gasteiger partial charge is 0.358 e. The lowest BCUT2D eigenvalue weighted by Crippen LogP contribution is -2.26. The van der Waals surface area contributed by atoms with Gasteiger partial charge in [0.25, 0.3) is 5.91 Å². The first-order valence-electron chi connectivity index (χ1n) is 8.86. The third kappa shape index (κ3) is 2.87. The minimum Gasteiger partial charge on any atom is -0.358 e. The highest BCUT2D eigenvalue weighted by Gasteiger charge is 2.21. The van der Waals surface area contributed by atoms with E-state index < -0.39 is 11.6 Å². The third-order valence-electron chi connectivity index (χ3n) is 5.11.